The number of carbonyl (C=O) groups is 3. The molecule has 0 aliphatic carbocycles. The van der Waals surface area contributed by atoms with Crippen molar-refractivity contribution < 1.29 is 18.8 Å². The molecule has 6 nitrogen and oxygen atoms in total. The van der Waals surface area contributed by atoms with Gasteiger partial charge in [0.15, 0.2) is 11.5 Å². The van der Waals surface area contributed by atoms with E-state index in [4.69, 9.17) is 4.42 Å². The molecule has 1 fully saturated rings. The number of carbonyl (C=O) groups excluding carboxylic acids is 3. The summed E-state index contributed by atoms with van der Waals surface area (Å²) in [6.07, 6.45) is 2.59. The van der Waals surface area contributed by atoms with Crippen molar-refractivity contribution in [2.24, 2.45) is 0 Å². The molecule has 0 radical (unpaired) electrons. The number of aryl methyl sites for hydroxylation is 1. The van der Waals surface area contributed by atoms with Crippen LogP contribution >= 0.6 is 0 Å². The highest BCUT2D eigenvalue weighted by Gasteiger charge is 2.24. The van der Waals surface area contributed by atoms with Crippen molar-refractivity contribution in [3.8, 4) is 0 Å². The fourth-order valence-corrected chi connectivity index (χ4v) is 3.19. The first-order valence-corrected chi connectivity index (χ1v) is 9.25. The van der Waals surface area contributed by atoms with Gasteiger partial charge >= 0.3 is 0 Å². The van der Waals surface area contributed by atoms with Crippen LogP contribution in [0.2, 0.25) is 0 Å². The minimum atomic E-state index is -0.149. The fraction of sp³-hybridized carbons (Fsp3) is 0.381. The molecule has 6 heteroatoms. The van der Waals surface area contributed by atoms with Gasteiger partial charge in [0, 0.05) is 44.6 Å². The van der Waals surface area contributed by atoms with Gasteiger partial charge in [-0.05, 0) is 25.5 Å². The second-order valence-electron chi connectivity index (χ2n) is 6.79. The molecule has 0 saturated carbocycles. The lowest BCUT2D eigenvalue weighted by Gasteiger charge is -2.21. The fourth-order valence-electron chi connectivity index (χ4n) is 3.19. The molecule has 1 saturated heterocycles. The second-order valence-corrected chi connectivity index (χ2v) is 6.79. The summed E-state index contributed by atoms with van der Waals surface area (Å²) in [6, 6.07) is 10.7. The number of nitrogens with zero attached hydrogens (tertiary/aromatic N) is 2. The van der Waals surface area contributed by atoms with Crippen molar-refractivity contribution in [1.82, 2.24) is 9.80 Å². The van der Waals surface area contributed by atoms with E-state index in [0.717, 1.165) is 5.56 Å². The lowest BCUT2D eigenvalue weighted by molar-refractivity contribution is -0.131. The Balaban J connectivity index is 1.50. The maximum Gasteiger partial charge on any atom is 0.289 e. The van der Waals surface area contributed by atoms with E-state index >= 15 is 0 Å². The Morgan fingerprint density at radius 1 is 0.926 bits per heavy atom. The lowest BCUT2D eigenvalue weighted by Crippen LogP contribution is -2.37. The maximum atomic E-state index is 12.5. The van der Waals surface area contributed by atoms with Crippen LogP contribution in [0.25, 0.3) is 0 Å². The molecule has 0 bridgehead atoms. The summed E-state index contributed by atoms with van der Waals surface area (Å²) < 4.78 is 5.17. The molecular formula is C21H24N2O4. The van der Waals surface area contributed by atoms with Gasteiger partial charge in [-0.3, -0.25) is 14.4 Å². The third-order valence-corrected chi connectivity index (χ3v) is 4.81. The van der Waals surface area contributed by atoms with Gasteiger partial charge in [-0.25, -0.2) is 0 Å². The number of hydrogen-bond donors (Lipinski definition) is 0. The van der Waals surface area contributed by atoms with Crippen molar-refractivity contribution in [3.63, 3.8) is 0 Å². The van der Waals surface area contributed by atoms with Crippen molar-refractivity contribution >= 4 is 17.6 Å². The Morgan fingerprint density at radius 2 is 1.63 bits per heavy atom. The maximum absolute atomic E-state index is 12.5. The Bertz CT molecular complexity index is 796. The van der Waals surface area contributed by atoms with Gasteiger partial charge in [0.25, 0.3) is 5.91 Å². The molecule has 3 rings (SSSR count). The van der Waals surface area contributed by atoms with E-state index in [-0.39, 0.29) is 30.4 Å². The van der Waals surface area contributed by atoms with E-state index in [2.05, 4.69) is 0 Å². The first-order valence-electron chi connectivity index (χ1n) is 9.25. The number of hydrogen-bond acceptors (Lipinski definition) is 4. The molecule has 2 heterocycles. The van der Waals surface area contributed by atoms with Crippen molar-refractivity contribution in [3.05, 3.63) is 59.5 Å². The zero-order valence-electron chi connectivity index (χ0n) is 15.5. The molecule has 1 aromatic heterocycles. The highest BCUT2D eigenvalue weighted by molar-refractivity contribution is 5.98. The highest BCUT2D eigenvalue weighted by Crippen LogP contribution is 2.12. The average molecular weight is 368 g/mol. The monoisotopic (exact) mass is 368 g/mol. The number of Topliss-reactive ketones (excluding diaryl/α,β-unsaturated/α-hetero) is 1. The molecule has 0 spiro atoms. The minimum absolute atomic E-state index is 0.0206. The molecule has 0 atom stereocenters. The number of ketones is 1. The van der Waals surface area contributed by atoms with Crippen LogP contribution < -0.4 is 0 Å². The molecule has 1 aliphatic rings. The average Bonchev–Trinajstić information content (AvgIpc) is 3.10. The molecule has 27 heavy (non-hydrogen) atoms. The van der Waals surface area contributed by atoms with Crippen LogP contribution in [0.5, 0.6) is 0 Å². The quantitative estimate of drug-likeness (QED) is 0.761. The SMILES string of the molecule is Cc1ccc(C(=O)CCC(=O)N2CCCN(C(=O)c3ccco3)CC2)cc1. The summed E-state index contributed by atoms with van der Waals surface area (Å²) >= 11 is 0. The standard InChI is InChI=1S/C21H24N2O4/c1-16-5-7-17(8-6-16)18(24)9-10-20(25)22-11-3-12-23(14-13-22)21(26)19-4-2-15-27-19/h2,4-8,15H,3,9-14H2,1H3. The summed E-state index contributed by atoms with van der Waals surface area (Å²) in [5, 5.41) is 0. The van der Waals surface area contributed by atoms with E-state index in [1.165, 1.54) is 6.26 Å². The molecule has 1 aliphatic heterocycles. The van der Waals surface area contributed by atoms with Gasteiger partial charge in [-0.1, -0.05) is 29.8 Å². The molecule has 1 aromatic carbocycles. The summed E-state index contributed by atoms with van der Waals surface area (Å²) in [7, 11) is 0. The normalized spacial score (nSPS) is 14.7. The zero-order chi connectivity index (χ0) is 19.2. The van der Waals surface area contributed by atoms with Crippen molar-refractivity contribution in [1.29, 1.82) is 0 Å². The molecular weight excluding hydrogens is 344 g/mol. The summed E-state index contributed by atoms with van der Waals surface area (Å²) in [5.41, 5.74) is 1.74. The van der Waals surface area contributed by atoms with Crippen LogP contribution in [-0.4, -0.2) is 53.6 Å². The van der Waals surface area contributed by atoms with Crippen molar-refractivity contribution in [2.45, 2.75) is 26.2 Å². The van der Waals surface area contributed by atoms with Gasteiger partial charge < -0.3 is 14.2 Å². The third-order valence-electron chi connectivity index (χ3n) is 4.81. The van der Waals surface area contributed by atoms with Crippen LogP contribution in [0, 0.1) is 6.92 Å². The first kappa shape index (κ1) is 18.9. The minimum Gasteiger partial charge on any atom is -0.459 e. The Labute approximate surface area is 158 Å². The van der Waals surface area contributed by atoms with Crippen LogP contribution in [0.3, 0.4) is 0 Å². The lowest BCUT2D eigenvalue weighted by atomic mass is 10.0. The van der Waals surface area contributed by atoms with Gasteiger partial charge in [-0.15, -0.1) is 0 Å². The summed E-state index contributed by atoms with van der Waals surface area (Å²) in [4.78, 5) is 40.6. The predicted molar refractivity (Wildman–Crippen MR) is 101 cm³/mol. The van der Waals surface area contributed by atoms with Crippen LogP contribution in [0.15, 0.2) is 47.1 Å². The van der Waals surface area contributed by atoms with Gasteiger partial charge in [0.2, 0.25) is 5.91 Å². The van der Waals surface area contributed by atoms with Gasteiger partial charge in [0.05, 0.1) is 6.26 Å². The predicted octanol–water partition coefficient (Wildman–Crippen LogP) is 2.93. The molecule has 2 amide bonds. The smallest absolute Gasteiger partial charge is 0.289 e. The highest BCUT2D eigenvalue weighted by atomic mass is 16.3. The number of furan rings is 1. The molecule has 0 unspecified atom stereocenters. The molecule has 0 N–H and O–H groups in total. The Kier molecular flexibility index (Phi) is 6.06. The molecule has 142 valence electrons. The molecule has 2 aromatic rings. The largest absolute Gasteiger partial charge is 0.459 e. The van der Waals surface area contributed by atoms with E-state index < -0.39 is 0 Å². The zero-order valence-corrected chi connectivity index (χ0v) is 15.5. The summed E-state index contributed by atoms with van der Waals surface area (Å²) in [6.45, 7) is 4.10. The van der Waals surface area contributed by atoms with Crippen molar-refractivity contribution in [2.75, 3.05) is 26.2 Å². The number of rotatable bonds is 5. The van der Waals surface area contributed by atoms with E-state index in [0.29, 0.717) is 43.9 Å². The van der Waals surface area contributed by atoms with Gasteiger partial charge in [-0.2, -0.15) is 0 Å². The topological polar surface area (TPSA) is 70.8 Å². The number of benzene rings is 1. The Morgan fingerprint density at radius 3 is 2.33 bits per heavy atom. The summed E-state index contributed by atoms with van der Waals surface area (Å²) in [5.74, 6) is 0.109. The first-order chi connectivity index (χ1) is 13.0. The Hall–Kier alpha value is -2.89. The van der Waals surface area contributed by atoms with Gasteiger partial charge in [0.1, 0.15) is 0 Å². The van der Waals surface area contributed by atoms with E-state index in [1.807, 2.05) is 19.1 Å². The van der Waals surface area contributed by atoms with E-state index in [1.54, 1.807) is 34.1 Å². The van der Waals surface area contributed by atoms with E-state index in [9.17, 15) is 14.4 Å². The van der Waals surface area contributed by atoms with Crippen LogP contribution in [-0.2, 0) is 4.79 Å². The third kappa shape index (κ3) is 4.84. The second kappa shape index (κ2) is 8.66. The number of amides is 2. The van der Waals surface area contributed by atoms with Crippen LogP contribution in [0.1, 0.15) is 45.7 Å². The van der Waals surface area contributed by atoms with Crippen LogP contribution in [0.4, 0.5) is 0 Å².